The molecule has 1 saturated heterocycles. The van der Waals surface area contributed by atoms with Gasteiger partial charge in [-0.25, -0.2) is 12.7 Å². The van der Waals surface area contributed by atoms with Crippen molar-refractivity contribution in [3.8, 4) is 0 Å². The van der Waals surface area contributed by atoms with Gasteiger partial charge in [0.1, 0.15) is 0 Å². The van der Waals surface area contributed by atoms with Crippen LogP contribution in [0.3, 0.4) is 0 Å². The third-order valence-electron chi connectivity index (χ3n) is 4.92. The number of fused-ring (bicyclic) bond motifs is 1. The van der Waals surface area contributed by atoms with Crippen molar-refractivity contribution >= 4 is 10.0 Å². The van der Waals surface area contributed by atoms with Crippen LogP contribution in [0, 0.1) is 11.3 Å². The summed E-state index contributed by atoms with van der Waals surface area (Å²) in [5.74, 6) is 0.737. The molecule has 1 aliphatic carbocycles. The van der Waals surface area contributed by atoms with Crippen molar-refractivity contribution in [1.82, 2.24) is 9.62 Å². The van der Waals surface area contributed by atoms with Crippen molar-refractivity contribution < 1.29 is 13.2 Å². The lowest BCUT2D eigenvalue weighted by atomic mass is 9.57. The molecule has 20 heavy (non-hydrogen) atoms. The molecule has 0 unspecified atom stereocenters. The van der Waals surface area contributed by atoms with Gasteiger partial charge < -0.3 is 10.1 Å². The van der Waals surface area contributed by atoms with Crippen molar-refractivity contribution in [2.24, 2.45) is 11.3 Å². The maximum Gasteiger partial charge on any atom is 0.215 e. The van der Waals surface area contributed by atoms with Crippen LogP contribution in [0.1, 0.15) is 34.1 Å². The summed E-state index contributed by atoms with van der Waals surface area (Å²) in [4.78, 5) is 0. The lowest BCUT2D eigenvalue weighted by Crippen LogP contribution is -2.66. The SMILES string of the molecule is CCN(CC)S(=O)(=O)CCN[C@@H]1[C@H]2CCO[C@H]2C1(C)C. The van der Waals surface area contributed by atoms with E-state index < -0.39 is 10.0 Å². The molecule has 0 aromatic heterocycles. The third-order valence-corrected chi connectivity index (χ3v) is 6.95. The van der Waals surface area contributed by atoms with Gasteiger partial charge in [-0.2, -0.15) is 0 Å². The highest BCUT2D eigenvalue weighted by Crippen LogP contribution is 2.51. The normalized spacial score (nSPS) is 32.1. The molecule has 0 amide bonds. The van der Waals surface area contributed by atoms with Crippen LogP contribution in [0.2, 0.25) is 0 Å². The molecule has 3 atom stereocenters. The molecule has 2 rings (SSSR count). The molecule has 0 spiro atoms. The highest BCUT2D eigenvalue weighted by atomic mass is 32.2. The number of hydrogen-bond donors (Lipinski definition) is 1. The van der Waals surface area contributed by atoms with Crippen molar-refractivity contribution in [2.45, 2.75) is 46.3 Å². The average molecular weight is 304 g/mol. The second kappa shape index (κ2) is 5.91. The van der Waals surface area contributed by atoms with E-state index in [1.165, 1.54) is 4.31 Å². The zero-order valence-electron chi connectivity index (χ0n) is 13.1. The summed E-state index contributed by atoms with van der Waals surface area (Å²) < 4.78 is 31.5. The minimum Gasteiger partial charge on any atom is -0.377 e. The van der Waals surface area contributed by atoms with Gasteiger partial charge in [0.25, 0.3) is 0 Å². The van der Waals surface area contributed by atoms with E-state index in [4.69, 9.17) is 4.74 Å². The summed E-state index contributed by atoms with van der Waals surface area (Å²) in [6.45, 7) is 10.6. The Morgan fingerprint density at radius 2 is 1.95 bits per heavy atom. The number of nitrogens with one attached hydrogen (secondary N) is 1. The van der Waals surface area contributed by atoms with E-state index in [2.05, 4.69) is 19.2 Å². The van der Waals surface area contributed by atoms with Gasteiger partial charge in [-0.05, 0) is 6.42 Å². The van der Waals surface area contributed by atoms with Gasteiger partial charge in [-0.15, -0.1) is 0 Å². The van der Waals surface area contributed by atoms with Crippen LogP contribution in [0.25, 0.3) is 0 Å². The van der Waals surface area contributed by atoms with Crippen LogP contribution in [-0.2, 0) is 14.8 Å². The Labute approximate surface area is 123 Å². The van der Waals surface area contributed by atoms with Crippen LogP contribution >= 0.6 is 0 Å². The highest BCUT2D eigenvalue weighted by Gasteiger charge is 2.58. The Hall–Kier alpha value is -0.170. The first-order valence-electron chi connectivity index (χ1n) is 7.67. The molecule has 1 heterocycles. The Bertz CT molecular complexity index is 432. The van der Waals surface area contributed by atoms with Gasteiger partial charge in [0.2, 0.25) is 10.0 Å². The second-order valence-electron chi connectivity index (χ2n) is 6.40. The molecule has 1 saturated carbocycles. The fraction of sp³-hybridized carbons (Fsp3) is 1.00. The summed E-state index contributed by atoms with van der Waals surface area (Å²) in [6.07, 6.45) is 1.44. The minimum atomic E-state index is -3.12. The molecule has 0 bridgehead atoms. The average Bonchev–Trinajstić information content (AvgIpc) is 2.82. The summed E-state index contributed by atoms with van der Waals surface area (Å²) >= 11 is 0. The first kappa shape index (κ1) is 16.2. The molecular formula is C14H28N2O3S. The summed E-state index contributed by atoms with van der Waals surface area (Å²) in [6, 6.07) is 0.377. The molecule has 0 aromatic carbocycles. The third kappa shape index (κ3) is 2.75. The van der Waals surface area contributed by atoms with Crippen LogP contribution in [0.15, 0.2) is 0 Å². The fourth-order valence-electron chi connectivity index (χ4n) is 3.83. The highest BCUT2D eigenvalue weighted by molar-refractivity contribution is 7.89. The van der Waals surface area contributed by atoms with E-state index in [1.807, 2.05) is 13.8 Å². The molecule has 2 fully saturated rings. The zero-order valence-corrected chi connectivity index (χ0v) is 13.9. The Morgan fingerprint density at radius 1 is 1.30 bits per heavy atom. The number of hydrogen-bond acceptors (Lipinski definition) is 4. The zero-order chi connectivity index (χ0) is 15.0. The van der Waals surface area contributed by atoms with E-state index in [0.717, 1.165) is 13.0 Å². The van der Waals surface area contributed by atoms with E-state index in [0.29, 0.717) is 37.7 Å². The number of nitrogens with zero attached hydrogens (tertiary/aromatic N) is 1. The van der Waals surface area contributed by atoms with E-state index >= 15 is 0 Å². The van der Waals surface area contributed by atoms with Crippen molar-refractivity contribution in [3.05, 3.63) is 0 Å². The predicted octanol–water partition coefficient (Wildman–Crippen LogP) is 1.06. The molecular weight excluding hydrogens is 276 g/mol. The molecule has 5 nitrogen and oxygen atoms in total. The molecule has 0 radical (unpaired) electrons. The standard InChI is InChI=1S/C14H28N2O3S/c1-5-16(6-2)20(17,18)10-8-15-12-11-7-9-19-13(11)14(12,3)4/h11-13,15H,5-10H2,1-4H3/t11-,12-,13-/m1/s1. The lowest BCUT2D eigenvalue weighted by molar-refractivity contribution is -0.111. The van der Waals surface area contributed by atoms with E-state index in [9.17, 15) is 8.42 Å². The monoisotopic (exact) mass is 304 g/mol. The smallest absolute Gasteiger partial charge is 0.215 e. The molecule has 0 aromatic rings. The van der Waals surface area contributed by atoms with Crippen molar-refractivity contribution in [1.29, 1.82) is 0 Å². The topological polar surface area (TPSA) is 58.6 Å². The number of rotatable bonds is 7. The minimum absolute atomic E-state index is 0.111. The molecule has 118 valence electrons. The molecule has 1 N–H and O–H groups in total. The van der Waals surface area contributed by atoms with Gasteiger partial charge in [0, 0.05) is 43.6 Å². The van der Waals surface area contributed by atoms with E-state index in [-0.39, 0.29) is 11.2 Å². The molecule has 2 aliphatic rings. The summed E-state index contributed by atoms with van der Waals surface area (Å²) in [7, 11) is -3.12. The summed E-state index contributed by atoms with van der Waals surface area (Å²) in [5, 5.41) is 3.45. The predicted molar refractivity (Wildman–Crippen MR) is 80.1 cm³/mol. The number of ether oxygens (including phenoxy) is 1. The number of sulfonamides is 1. The van der Waals surface area contributed by atoms with Gasteiger partial charge in [0.15, 0.2) is 0 Å². The fourth-order valence-corrected chi connectivity index (χ4v) is 5.25. The maximum atomic E-state index is 12.1. The van der Waals surface area contributed by atoms with Crippen LogP contribution < -0.4 is 5.32 Å². The van der Waals surface area contributed by atoms with Crippen LogP contribution in [-0.4, -0.2) is 56.9 Å². The van der Waals surface area contributed by atoms with Crippen molar-refractivity contribution in [3.63, 3.8) is 0 Å². The lowest BCUT2D eigenvalue weighted by Gasteiger charge is -2.55. The Balaban J connectivity index is 1.85. The summed E-state index contributed by atoms with van der Waals surface area (Å²) in [5.41, 5.74) is 0.111. The molecule has 1 aliphatic heterocycles. The first-order valence-corrected chi connectivity index (χ1v) is 9.28. The van der Waals surface area contributed by atoms with Crippen LogP contribution in [0.4, 0.5) is 0 Å². The van der Waals surface area contributed by atoms with Gasteiger partial charge in [-0.3, -0.25) is 0 Å². The first-order chi connectivity index (χ1) is 9.34. The van der Waals surface area contributed by atoms with Crippen LogP contribution in [0.5, 0.6) is 0 Å². The molecule has 6 heteroatoms. The Morgan fingerprint density at radius 3 is 2.55 bits per heavy atom. The maximum absolute atomic E-state index is 12.1. The van der Waals surface area contributed by atoms with Gasteiger partial charge in [-0.1, -0.05) is 27.7 Å². The quantitative estimate of drug-likeness (QED) is 0.764. The largest absolute Gasteiger partial charge is 0.377 e. The van der Waals surface area contributed by atoms with Gasteiger partial charge >= 0.3 is 0 Å². The van der Waals surface area contributed by atoms with Gasteiger partial charge in [0.05, 0.1) is 11.9 Å². The Kier molecular flexibility index (Phi) is 4.79. The van der Waals surface area contributed by atoms with Crippen molar-refractivity contribution in [2.75, 3.05) is 32.0 Å². The second-order valence-corrected chi connectivity index (χ2v) is 8.49. The van der Waals surface area contributed by atoms with E-state index in [1.54, 1.807) is 0 Å².